The molecule has 0 fully saturated rings. The van der Waals surface area contributed by atoms with Crippen molar-refractivity contribution >= 4 is 28.8 Å². The third-order valence-electron chi connectivity index (χ3n) is 13.5. The number of allylic oxidation sites excluding steroid dienone is 3. The maximum absolute atomic E-state index is 5.21. The summed E-state index contributed by atoms with van der Waals surface area (Å²) in [6.07, 6.45) is 20.4. The predicted molar refractivity (Wildman–Crippen MR) is 248 cm³/mol. The Hall–Kier alpha value is -7.04. The van der Waals surface area contributed by atoms with Crippen molar-refractivity contribution < 1.29 is 0 Å². The number of fused-ring (bicyclic) bond motifs is 8. The standard InChI is InChI=1S/C56H44N4/c1-37-14-13-17-41-36-50(40-15-3-2-4-16-40)60(55(37)41)43-30-26-39(27-31-43)38-24-28-42(29-25-38)59-48-21-8-6-19-46(48)53-49(59)33-32-45-44-18-5-7-20-47(44)56(54(45)53,51-22-9-11-34-57-51)52-23-10-12-35-58-52/h2-5,7-9,11-13,15-18,20-22,24-37H,6,10,14,19,23H2,1H3. The summed E-state index contributed by atoms with van der Waals surface area (Å²) in [4.78, 5) is 10.4. The molecular formula is C56H44N4. The Morgan fingerprint density at radius 1 is 0.633 bits per heavy atom. The normalized spacial score (nSPS) is 18.6. The Kier molecular flexibility index (Phi) is 8.03. The third kappa shape index (κ3) is 5.10. The number of benzene rings is 5. The van der Waals surface area contributed by atoms with Crippen LogP contribution in [-0.4, -0.2) is 19.8 Å². The van der Waals surface area contributed by atoms with Gasteiger partial charge in [-0.1, -0.05) is 122 Å². The van der Waals surface area contributed by atoms with Gasteiger partial charge in [0.05, 0.1) is 16.9 Å². The van der Waals surface area contributed by atoms with Crippen LogP contribution in [0.4, 0.5) is 0 Å². The fourth-order valence-electron chi connectivity index (χ4n) is 10.9. The van der Waals surface area contributed by atoms with Gasteiger partial charge >= 0.3 is 0 Å². The molecule has 4 nitrogen and oxygen atoms in total. The van der Waals surface area contributed by atoms with E-state index in [4.69, 9.17) is 9.98 Å². The van der Waals surface area contributed by atoms with E-state index >= 15 is 0 Å². The van der Waals surface area contributed by atoms with Crippen LogP contribution in [0.3, 0.4) is 0 Å². The summed E-state index contributed by atoms with van der Waals surface area (Å²) < 4.78 is 4.98. The third-order valence-corrected chi connectivity index (χ3v) is 13.5. The molecule has 4 heterocycles. The number of nitrogens with zero attached hydrogens (tertiary/aromatic N) is 4. The molecule has 288 valence electrons. The number of hydrogen-bond donors (Lipinski definition) is 0. The molecular weight excluding hydrogens is 729 g/mol. The van der Waals surface area contributed by atoms with E-state index in [9.17, 15) is 0 Å². The zero-order chi connectivity index (χ0) is 39.8. The lowest BCUT2D eigenvalue weighted by Gasteiger charge is -2.34. The zero-order valence-electron chi connectivity index (χ0n) is 33.7. The van der Waals surface area contributed by atoms with Gasteiger partial charge in [-0.05, 0) is 137 Å². The molecule has 0 N–H and O–H groups in total. The Bertz CT molecular complexity index is 3100. The van der Waals surface area contributed by atoms with Gasteiger partial charge < -0.3 is 9.13 Å². The van der Waals surface area contributed by atoms with E-state index in [0.717, 1.165) is 37.8 Å². The Labute approximate surface area is 351 Å². The zero-order valence-corrected chi connectivity index (χ0v) is 33.7. The minimum Gasteiger partial charge on any atom is -0.313 e. The van der Waals surface area contributed by atoms with E-state index in [1.165, 1.54) is 95.1 Å². The molecule has 0 saturated carbocycles. The number of hydrogen-bond acceptors (Lipinski definition) is 2. The number of rotatable bonds is 6. The molecule has 3 aliphatic carbocycles. The highest BCUT2D eigenvalue weighted by Crippen LogP contribution is 2.57. The quantitative estimate of drug-likeness (QED) is 0.166. The fourth-order valence-corrected chi connectivity index (χ4v) is 10.9. The molecule has 5 aromatic carbocycles. The number of pyridine rings is 1. The van der Waals surface area contributed by atoms with Gasteiger partial charge in [-0.25, -0.2) is 0 Å². The molecule has 2 unspecified atom stereocenters. The second-order valence-electron chi connectivity index (χ2n) is 16.7. The summed E-state index contributed by atoms with van der Waals surface area (Å²) in [7, 11) is 0. The smallest absolute Gasteiger partial charge is 0.102 e. The molecule has 0 spiro atoms. The van der Waals surface area contributed by atoms with Gasteiger partial charge in [0.15, 0.2) is 0 Å². The van der Waals surface area contributed by atoms with Crippen LogP contribution < -0.4 is 0 Å². The van der Waals surface area contributed by atoms with E-state index in [1.54, 1.807) is 0 Å². The van der Waals surface area contributed by atoms with Crippen molar-refractivity contribution in [2.24, 2.45) is 4.99 Å². The van der Waals surface area contributed by atoms with E-state index in [2.05, 4.69) is 180 Å². The maximum Gasteiger partial charge on any atom is 0.102 e. The van der Waals surface area contributed by atoms with Crippen molar-refractivity contribution in [2.45, 2.75) is 50.4 Å². The monoisotopic (exact) mass is 772 g/mol. The molecule has 0 amide bonds. The van der Waals surface area contributed by atoms with Gasteiger partial charge in [0.2, 0.25) is 0 Å². The van der Waals surface area contributed by atoms with Crippen LogP contribution in [-0.2, 0) is 11.8 Å². The molecule has 3 aromatic heterocycles. The molecule has 1 aliphatic heterocycles. The summed E-state index contributed by atoms with van der Waals surface area (Å²) in [5, 5.41) is 1.34. The molecule has 12 rings (SSSR count). The fraction of sp³-hybridized carbons (Fsp3) is 0.143. The molecule has 0 bridgehead atoms. The summed E-state index contributed by atoms with van der Waals surface area (Å²) in [6.45, 7) is 2.34. The van der Waals surface area contributed by atoms with Gasteiger partial charge in [-0.15, -0.1) is 0 Å². The Morgan fingerprint density at radius 3 is 2.15 bits per heavy atom. The van der Waals surface area contributed by atoms with Crippen LogP contribution in [0.5, 0.6) is 0 Å². The highest BCUT2D eigenvalue weighted by molar-refractivity contribution is 6.14. The van der Waals surface area contributed by atoms with Crippen molar-refractivity contribution in [3.05, 3.63) is 209 Å². The average molecular weight is 773 g/mol. The van der Waals surface area contributed by atoms with Crippen molar-refractivity contribution in [2.75, 3.05) is 0 Å². The number of aryl methyl sites for hydroxylation is 1. The minimum absolute atomic E-state index is 0.445. The van der Waals surface area contributed by atoms with E-state index in [0.29, 0.717) is 5.92 Å². The van der Waals surface area contributed by atoms with Gasteiger partial charge in [-0.3, -0.25) is 9.98 Å². The van der Waals surface area contributed by atoms with Crippen LogP contribution in [0.1, 0.15) is 77.9 Å². The topological polar surface area (TPSA) is 35.1 Å². The Balaban J connectivity index is 0.987. The second kappa shape index (κ2) is 13.8. The average Bonchev–Trinajstić information content (AvgIpc) is 3.98. The van der Waals surface area contributed by atoms with Crippen LogP contribution in [0.25, 0.3) is 67.9 Å². The lowest BCUT2D eigenvalue weighted by molar-refractivity contribution is 0.719. The lowest BCUT2D eigenvalue weighted by Crippen LogP contribution is -2.38. The van der Waals surface area contributed by atoms with Crippen molar-refractivity contribution in [1.82, 2.24) is 14.1 Å². The van der Waals surface area contributed by atoms with Crippen LogP contribution in [0.15, 0.2) is 175 Å². The summed E-state index contributed by atoms with van der Waals surface area (Å²) in [5.41, 5.74) is 20.7. The first-order valence-electron chi connectivity index (χ1n) is 21.5. The SMILES string of the molecule is CC1CC=Cc2cc(-c3ccccc3)n(-c3ccc(-c4ccc(-n5c6c(c7c8c(ccc75)-c5ccccc5C8(C5=NC=CCC5)c5ccccn5)CCC=C6)cc4)cc3)c21. The first-order chi connectivity index (χ1) is 29.7. The first kappa shape index (κ1) is 35.0. The molecule has 4 aliphatic rings. The maximum atomic E-state index is 5.21. The first-order valence-corrected chi connectivity index (χ1v) is 21.5. The summed E-state index contributed by atoms with van der Waals surface area (Å²) in [6, 6.07) is 51.6. The molecule has 8 aromatic rings. The van der Waals surface area contributed by atoms with Crippen LogP contribution >= 0.6 is 0 Å². The molecule has 4 heteroatoms. The highest BCUT2D eigenvalue weighted by atomic mass is 15.0. The van der Waals surface area contributed by atoms with E-state index in [1.807, 2.05) is 18.5 Å². The molecule has 0 saturated heterocycles. The highest BCUT2D eigenvalue weighted by Gasteiger charge is 2.51. The predicted octanol–water partition coefficient (Wildman–Crippen LogP) is 13.7. The van der Waals surface area contributed by atoms with E-state index < -0.39 is 5.41 Å². The number of aliphatic imine (C=N–C) groups is 1. The largest absolute Gasteiger partial charge is 0.313 e. The molecule has 60 heavy (non-hydrogen) atoms. The number of aromatic nitrogens is 3. The van der Waals surface area contributed by atoms with Gasteiger partial charge in [-0.2, -0.15) is 0 Å². The van der Waals surface area contributed by atoms with Crippen LogP contribution in [0, 0.1) is 0 Å². The van der Waals surface area contributed by atoms with Crippen molar-refractivity contribution in [3.8, 4) is 44.9 Å². The van der Waals surface area contributed by atoms with Crippen LogP contribution in [0.2, 0.25) is 0 Å². The van der Waals surface area contributed by atoms with Crippen molar-refractivity contribution in [3.63, 3.8) is 0 Å². The van der Waals surface area contributed by atoms with Gasteiger partial charge in [0.1, 0.15) is 5.41 Å². The second-order valence-corrected chi connectivity index (χ2v) is 16.7. The summed E-state index contributed by atoms with van der Waals surface area (Å²) in [5.74, 6) is 0.445. The Morgan fingerprint density at radius 2 is 1.38 bits per heavy atom. The lowest BCUT2D eigenvalue weighted by atomic mass is 9.68. The molecule has 0 radical (unpaired) electrons. The van der Waals surface area contributed by atoms with Gasteiger partial charge in [0, 0.05) is 52.2 Å². The minimum atomic E-state index is -0.592. The molecule has 2 atom stereocenters. The van der Waals surface area contributed by atoms with E-state index in [-0.39, 0.29) is 0 Å². The van der Waals surface area contributed by atoms with Crippen molar-refractivity contribution in [1.29, 1.82) is 0 Å². The summed E-state index contributed by atoms with van der Waals surface area (Å²) >= 11 is 0. The van der Waals surface area contributed by atoms with Gasteiger partial charge in [0.25, 0.3) is 0 Å².